The Hall–Kier alpha value is -1.96. The van der Waals surface area contributed by atoms with Crippen LogP contribution in [-0.4, -0.2) is 50.5 Å². The number of nitrogens with zero attached hydrogens (tertiary/aromatic N) is 1. The number of hydrogen-bond donors (Lipinski definition) is 0. The second-order valence-electron chi connectivity index (χ2n) is 7.46. The summed E-state index contributed by atoms with van der Waals surface area (Å²) in [5.41, 5.74) is 1.11. The first-order valence-electron chi connectivity index (χ1n) is 10.00. The Balaban J connectivity index is 1.94. The molecule has 1 amide bonds. The maximum atomic E-state index is 13.5. The molecule has 0 N–H and O–H groups in total. The molecule has 0 aliphatic carbocycles. The van der Waals surface area contributed by atoms with Crippen molar-refractivity contribution in [3.05, 3.63) is 57.6 Å². The van der Waals surface area contributed by atoms with Crippen molar-refractivity contribution in [2.75, 3.05) is 25.2 Å². The van der Waals surface area contributed by atoms with Crippen LogP contribution >= 0.6 is 23.2 Å². The van der Waals surface area contributed by atoms with Gasteiger partial charge in [-0.25, -0.2) is 8.42 Å². The summed E-state index contributed by atoms with van der Waals surface area (Å²) in [7, 11) is -1.62. The number of methoxy groups -OCH3 is 1. The topological polar surface area (TPSA) is 72.9 Å². The van der Waals surface area contributed by atoms with Gasteiger partial charge in [-0.3, -0.25) is 4.79 Å². The molecule has 1 heterocycles. The van der Waals surface area contributed by atoms with Crippen LogP contribution in [0.25, 0.3) is 0 Å². The highest BCUT2D eigenvalue weighted by Crippen LogP contribution is 2.35. The summed E-state index contributed by atoms with van der Waals surface area (Å²) in [6.07, 6.45) is 1.18. The molecule has 0 saturated carbocycles. The first-order chi connectivity index (χ1) is 14.7. The van der Waals surface area contributed by atoms with Crippen molar-refractivity contribution in [2.45, 2.75) is 32.4 Å². The second-order valence-corrected chi connectivity index (χ2v) is 10.5. The predicted molar refractivity (Wildman–Crippen MR) is 122 cm³/mol. The quantitative estimate of drug-likeness (QED) is 0.545. The number of ether oxygens (including phenoxy) is 2. The third-order valence-corrected chi connectivity index (χ3v) is 7.40. The number of hydrogen-bond acceptors (Lipinski definition) is 5. The Bertz CT molecular complexity index is 1030. The zero-order chi connectivity index (χ0) is 22.6. The van der Waals surface area contributed by atoms with Gasteiger partial charge in [-0.05, 0) is 42.7 Å². The van der Waals surface area contributed by atoms with Gasteiger partial charge in [0.1, 0.15) is 5.75 Å². The molecular weight excluding hydrogens is 461 g/mol. The minimum Gasteiger partial charge on any atom is -0.497 e. The van der Waals surface area contributed by atoms with Crippen LogP contribution in [0.4, 0.5) is 0 Å². The maximum absolute atomic E-state index is 13.5. The molecule has 3 rings (SSSR count). The lowest BCUT2D eigenvalue weighted by Crippen LogP contribution is -2.40. The Morgan fingerprint density at radius 1 is 1.19 bits per heavy atom. The molecule has 0 spiro atoms. The van der Waals surface area contributed by atoms with Gasteiger partial charge >= 0.3 is 0 Å². The highest BCUT2D eigenvalue weighted by atomic mass is 35.5. The molecule has 1 atom stereocenters. The molecule has 1 aliphatic heterocycles. The van der Waals surface area contributed by atoms with Gasteiger partial charge in [-0.1, -0.05) is 42.3 Å². The van der Waals surface area contributed by atoms with Crippen molar-refractivity contribution in [1.82, 2.24) is 4.90 Å². The minimum atomic E-state index is -3.19. The molecular formula is C22H25Cl2NO5S. The van der Waals surface area contributed by atoms with E-state index in [1.54, 1.807) is 12.0 Å². The predicted octanol–water partition coefficient (Wildman–Crippen LogP) is 4.62. The lowest BCUT2D eigenvalue weighted by Gasteiger charge is -2.29. The van der Waals surface area contributed by atoms with Crippen molar-refractivity contribution in [2.24, 2.45) is 0 Å². The highest BCUT2D eigenvalue weighted by Gasteiger charge is 2.35. The fraction of sp³-hybridized carbons (Fsp3) is 0.409. The number of amides is 1. The van der Waals surface area contributed by atoms with Gasteiger partial charge in [0, 0.05) is 18.2 Å². The van der Waals surface area contributed by atoms with Crippen LogP contribution in [0.2, 0.25) is 10.0 Å². The Morgan fingerprint density at radius 2 is 1.90 bits per heavy atom. The number of carbonyl (C=O) groups excluding carboxylic acids is 1. The van der Waals surface area contributed by atoms with E-state index >= 15 is 0 Å². The number of benzene rings is 2. The van der Waals surface area contributed by atoms with Crippen molar-refractivity contribution in [3.63, 3.8) is 0 Å². The van der Waals surface area contributed by atoms with Gasteiger partial charge < -0.3 is 14.4 Å². The molecule has 0 radical (unpaired) electrons. The first-order valence-corrected chi connectivity index (χ1v) is 12.6. The van der Waals surface area contributed by atoms with Gasteiger partial charge in [0.15, 0.2) is 15.6 Å². The van der Waals surface area contributed by atoms with E-state index in [1.807, 2.05) is 31.2 Å². The third kappa shape index (κ3) is 5.84. The van der Waals surface area contributed by atoms with E-state index in [0.29, 0.717) is 24.5 Å². The zero-order valence-electron chi connectivity index (χ0n) is 17.4. The largest absolute Gasteiger partial charge is 0.497 e. The summed E-state index contributed by atoms with van der Waals surface area (Å²) >= 11 is 12.7. The molecule has 9 heteroatoms. The molecule has 2 aromatic rings. The van der Waals surface area contributed by atoms with Crippen LogP contribution < -0.4 is 9.47 Å². The lowest BCUT2D eigenvalue weighted by molar-refractivity contribution is 0.0680. The molecule has 1 aliphatic rings. The third-order valence-electron chi connectivity index (χ3n) is 5.09. The molecule has 0 unspecified atom stereocenters. The van der Waals surface area contributed by atoms with Crippen LogP contribution in [0.1, 0.15) is 35.7 Å². The van der Waals surface area contributed by atoms with E-state index in [0.717, 1.165) is 12.0 Å². The summed E-state index contributed by atoms with van der Waals surface area (Å²) in [5.74, 6) is 0.653. The van der Waals surface area contributed by atoms with Crippen LogP contribution in [-0.2, 0) is 16.4 Å². The van der Waals surface area contributed by atoms with Crippen molar-refractivity contribution >= 4 is 38.9 Å². The van der Waals surface area contributed by atoms with Crippen LogP contribution in [0, 0.1) is 0 Å². The molecule has 1 saturated heterocycles. The summed E-state index contributed by atoms with van der Waals surface area (Å²) in [5, 5.41) is 0.481. The van der Waals surface area contributed by atoms with Crippen LogP contribution in [0.5, 0.6) is 11.5 Å². The van der Waals surface area contributed by atoms with Crippen LogP contribution in [0.3, 0.4) is 0 Å². The summed E-state index contributed by atoms with van der Waals surface area (Å²) in [6, 6.07) is 9.93. The minimum absolute atomic E-state index is 0.0604. The molecule has 2 aromatic carbocycles. The fourth-order valence-electron chi connectivity index (χ4n) is 3.55. The smallest absolute Gasteiger partial charge is 0.254 e. The molecule has 1 fully saturated rings. The van der Waals surface area contributed by atoms with E-state index in [4.69, 9.17) is 32.7 Å². The molecule has 0 bridgehead atoms. The summed E-state index contributed by atoms with van der Waals surface area (Å²) in [4.78, 5) is 15.1. The Morgan fingerprint density at radius 3 is 2.48 bits per heavy atom. The van der Waals surface area contributed by atoms with E-state index < -0.39 is 15.9 Å². The number of rotatable bonds is 8. The Labute approximate surface area is 193 Å². The van der Waals surface area contributed by atoms with Crippen molar-refractivity contribution in [1.29, 1.82) is 0 Å². The number of carbonyl (C=O) groups is 1. The van der Waals surface area contributed by atoms with Gasteiger partial charge in [0.05, 0.1) is 35.3 Å². The average Bonchev–Trinajstić information content (AvgIpc) is 3.10. The SMILES string of the molecule is CCCOc1c(Cl)cc(C(=O)N(Cc2cccc(OC)c2)[C@@H]2CCS(=O)(=O)C2)cc1Cl. The fourth-order valence-corrected chi connectivity index (χ4v) is 5.87. The Kier molecular flexibility index (Phi) is 7.73. The standard InChI is InChI=1S/C22H25Cl2NO5S/c1-3-8-30-21-19(23)11-16(12-20(21)24)22(26)25(17-7-9-31(27,28)14-17)13-15-5-4-6-18(10-15)29-2/h4-6,10-12,17H,3,7-9,13-14H2,1-2H3/t17-/m1/s1. The maximum Gasteiger partial charge on any atom is 0.254 e. The van der Waals surface area contributed by atoms with Crippen molar-refractivity contribution in [3.8, 4) is 11.5 Å². The summed E-state index contributed by atoms with van der Waals surface area (Å²) < 4.78 is 35.0. The summed E-state index contributed by atoms with van der Waals surface area (Å²) in [6.45, 7) is 2.65. The van der Waals surface area contributed by atoms with E-state index in [1.165, 1.54) is 12.1 Å². The van der Waals surface area contributed by atoms with E-state index in [9.17, 15) is 13.2 Å². The van der Waals surface area contributed by atoms with E-state index in [2.05, 4.69) is 0 Å². The van der Waals surface area contributed by atoms with Gasteiger partial charge in [-0.2, -0.15) is 0 Å². The monoisotopic (exact) mass is 485 g/mol. The molecule has 31 heavy (non-hydrogen) atoms. The first kappa shape index (κ1) is 23.7. The van der Waals surface area contributed by atoms with Crippen molar-refractivity contribution < 1.29 is 22.7 Å². The van der Waals surface area contributed by atoms with Gasteiger partial charge in [-0.15, -0.1) is 0 Å². The lowest BCUT2D eigenvalue weighted by atomic mass is 10.1. The molecule has 6 nitrogen and oxygen atoms in total. The van der Waals surface area contributed by atoms with E-state index in [-0.39, 0.29) is 39.6 Å². The number of sulfone groups is 1. The highest BCUT2D eigenvalue weighted by molar-refractivity contribution is 7.91. The second kappa shape index (κ2) is 10.1. The normalized spacial score (nSPS) is 17.4. The molecule has 0 aromatic heterocycles. The molecule has 168 valence electrons. The van der Waals surface area contributed by atoms with Gasteiger partial charge in [0.25, 0.3) is 5.91 Å². The number of halogens is 2. The van der Waals surface area contributed by atoms with Crippen LogP contribution in [0.15, 0.2) is 36.4 Å². The average molecular weight is 486 g/mol. The van der Waals surface area contributed by atoms with Gasteiger partial charge in [0.2, 0.25) is 0 Å². The zero-order valence-corrected chi connectivity index (χ0v) is 19.8.